The number of carbonyl (C=O) groups excluding carboxylic acids is 3. The molecule has 1 spiro atoms. The predicted octanol–water partition coefficient (Wildman–Crippen LogP) is 3.59. The highest BCUT2D eigenvalue weighted by Gasteiger charge is 2.79. The summed E-state index contributed by atoms with van der Waals surface area (Å²) in [6, 6.07) is 8.00. The molecule has 1 aromatic rings. The van der Waals surface area contributed by atoms with Gasteiger partial charge in [0.15, 0.2) is 0 Å². The Labute approximate surface area is 245 Å². The van der Waals surface area contributed by atoms with Crippen LogP contribution in [0.15, 0.2) is 55.6 Å². The van der Waals surface area contributed by atoms with Crippen LogP contribution in [0, 0.1) is 11.8 Å². The number of nitrogens with zero attached hydrogens (tertiary/aromatic N) is 3. The maximum absolute atomic E-state index is 14.7. The molecule has 3 amide bonds. The van der Waals surface area contributed by atoms with Crippen LogP contribution in [0.1, 0.15) is 58.4 Å². The van der Waals surface area contributed by atoms with Gasteiger partial charge in [-0.2, -0.15) is 0 Å². The highest BCUT2D eigenvalue weighted by Crippen LogP contribution is 2.65. The molecule has 3 aliphatic heterocycles. The van der Waals surface area contributed by atoms with E-state index in [1.165, 1.54) is 0 Å². The first-order valence-electron chi connectivity index (χ1n) is 15.1. The second-order valence-electron chi connectivity index (χ2n) is 12.0. The third-order valence-corrected chi connectivity index (χ3v) is 9.66. The molecule has 0 saturated carbocycles. The molecule has 0 aliphatic carbocycles. The van der Waals surface area contributed by atoms with Gasteiger partial charge in [0.2, 0.25) is 17.7 Å². The van der Waals surface area contributed by atoms with E-state index in [0.29, 0.717) is 38.8 Å². The monoisotopic (exact) mass is 565 g/mol. The van der Waals surface area contributed by atoms with Crippen LogP contribution < -0.4 is 0 Å². The second kappa shape index (κ2) is 12.5. The normalized spacial score (nSPS) is 29.6. The number of benzene rings is 1. The number of likely N-dealkylation sites (N-methyl/N-ethyl adjacent to an activating group) is 1. The van der Waals surface area contributed by atoms with Crippen LogP contribution in [0.5, 0.6) is 0 Å². The van der Waals surface area contributed by atoms with E-state index in [1.807, 2.05) is 44.2 Å². The zero-order valence-electron chi connectivity index (χ0n) is 25.1. The van der Waals surface area contributed by atoms with E-state index in [2.05, 4.69) is 20.1 Å². The van der Waals surface area contributed by atoms with E-state index in [1.54, 1.807) is 33.9 Å². The summed E-state index contributed by atoms with van der Waals surface area (Å²) in [4.78, 5) is 48.4. The number of aliphatic hydroxyl groups is 1. The Morgan fingerprint density at radius 1 is 1.15 bits per heavy atom. The molecule has 3 heterocycles. The number of aliphatic hydroxyl groups excluding tert-OH is 1. The molecular formula is C33H47N3O5. The van der Waals surface area contributed by atoms with Gasteiger partial charge in [0.1, 0.15) is 11.6 Å². The Morgan fingerprint density at radius 2 is 1.83 bits per heavy atom. The maximum Gasteiger partial charge on any atom is 0.248 e. The lowest BCUT2D eigenvalue weighted by atomic mass is 9.64. The van der Waals surface area contributed by atoms with Gasteiger partial charge >= 0.3 is 0 Å². The van der Waals surface area contributed by atoms with E-state index in [0.717, 1.165) is 18.4 Å². The number of likely N-dealkylation sites (tertiary alicyclic amines) is 1. The number of hydrogen-bond donors (Lipinski definition) is 1. The summed E-state index contributed by atoms with van der Waals surface area (Å²) in [6.45, 7) is 14.1. The fraction of sp³-hybridized carbons (Fsp3) is 0.606. The molecule has 0 radical (unpaired) electrons. The molecular weight excluding hydrogens is 518 g/mol. The van der Waals surface area contributed by atoms with Gasteiger partial charge in [-0.3, -0.25) is 14.4 Å². The molecule has 7 atom stereocenters. The molecule has 3 fully saturated rings. The van der Waals surface area contributed by atoms with Crippen molar-refractivity contribution in [2.24, 2.45) is 11.8 Å². The zero-order chi connectivity index (χ0) is 29.9. The summed E-state index contributed by atoms with van der Waals surface area (Å²) in [7, 11) is 1.72. The van der Waals surface area contributed by atoms with Gasteiger partial charge in [0.25, 0.3) is 0 Å². The van der Waals surface area contributed by atoms with Gasteiger partial charge in [-0.05, 0) is 44.6 Å². The molecule has 8 nitrogen and oxygen atoms in total. The molecule has 0 aromatic heterocycles. The summed E-state index contributed by atoms with van der Waals surface area (Å²) < 4.78 is 6.94. The van der Waals surface area contributed by atoms with Gasteiger partial charge in [-0.25, -0.2) is 0 Å². The highest BCUT2D eigenvalue weighted by molar-refractivity contribution is 5.99. The Morgan fingerprint density at radius 3 is 2.41 bits per heavy atom. The van der Waals surface area contributed by atoms with Crippen LogP contribution >= 0.6 is 0 Å². The van der Waals surface area contributed by atoms with Crippen molar-refractivity contribution >= 4 is 17.7 Å². The second-order valence-corrected chi connectivity index (χ2v) is 12.0. The fourth-order valence-electron chi connectivity index (χ4n) is 7.72. The van der Waals surface area contributed by atoms with E-state index in [-0.39, 0.29) is 30.4 Å². The molecule has 224 valence electrons. The largest absolute Gasteiger partial charge is 0.394 e. The Kier molecular flexibility index (Phi) is 9.44. The third kappa shape index (κ3) is 5.14. The van der Waals surface area contributed by atoms with Crippen LogP contribution in [0.25, 0.3) is 0 Å². The lowest BCUT2D eigenvalue weighted by molar-refractivity contribution is -0.158. The third-order valence-electron chi connectivity index (χ3n) is 9.66. The average molecular weight is 566 g/mol. The van der Waals surface area contributed by atoms with Gasteiger partial charge in [0.05, 0.1) is 30.1 Å². The summed E-state index contributed by atoms with van der Waals surface area (Å²) in [5.41, 5.74) is -1.00. The number of carbonyl (C=O) groups is 3. The van der Waals surface area contributed by atoms with E-state index >= 15 is 0 Å². The van der Waals surface area contributed by atoms with Gasteiger partial charge < -0.3 is 24.5 Å². The first kappa shape index (κ1) is 31.0. The maximum atomic E-state index is 14.7. The fourth-order valence-corrected chi connectivity index (χ4v) is 7.72. The highest BCUT2D eigenvalue weighted by atomic mass is 16.5. The summed E-state index contributed by atoms with van der Waals surface area (Å²) in [5, 5.41) is 10.7. The Bertz CT molecular complexity index is 1140. The number of amides is 3. The SMILES string of the molecule is C=CCN(C)C(=O)[C@@H]1[C@H]2C(=O)N([C@@H](CO)Cc3ccccc3)C(C(=O)N(CC=C)C(C)CCC)C23CC[C@@]1(CC)O3. The van der Waals surface area contributed by atoms with Crippen molar-refractivity contribution in [3.8, 4) is 0 Å². The molecule has 1 aromatic carbocycles. The van der Waals surface area contributed by atoms with Crippen molar-refractivity contribution in [2.45, 2.75) is 88.6 Å². The van der Waals surface area contributed by atoms with Crippen LogP contribution in [0.4, 0.5) is 0 Å². The standard InChI is InChI=1S/C33H47N3O5/c1-7-14-23(5)35(20-9-3)31(40)28-33-18-17-32(10-4,41-33)26(29(38)34(6)19-8-2)27(33)30(39)36(28)25(22-37)21-24-15-12-11-13-16-24/h8-9,11-13,15-16,23,25-28,37H,2-3,7,10,14,17-22H2,1,4-6H3/t23?,25-,26+,27+,28?,32-,33?/m1/s1. The van der Waals surface area contributed by atoms with E-state index < -0.39 is 35.1 Å². The van der Waals surface area contributed by atoms with Crippen molar-refractivity contribution in [2.75, 3.05) is 26.7 Å². The number of hydrogen-bond acceptors (Lipinski definition) is 5. The molecule has 1 N–H and O–H groups in total. The van der Waals surface area contributed by atoms with Gasteiger partial charge in [0, 0.05) is 26.2 Å². The van der Waals surface area contributed by atoms with Crippen LogP contribution in [-0.2, 0) is 25.5 Å². The molecule has 3 saturated heterocycles. The minimum absolute atomic E-state index is 0.0745. The zero-order valence-corrected chi connectivity index (χ0v) is 25.1. The molecule has 3 unspecified atom stereocenters. The van der Waals surface area contributed by atoms with Crippen molar-refractivity contribution in [1.82, 2.24) is 14.7 Å². The summed E-state index contributed by atoms with van der Waals surface area (Å²) >= 11 is 0. The van der Waals surface area contributed by atoms with Crippen molar-refractivity contribution in [1.29, 1.82) is 0 Å². The first-order valence-corrected chi connectivity index (χ1v) is 15.1. The predicted molar refractivity (Wildman–Crippen MR) is 159 cm³/mol. The van der Waals surface area contributed by atoms with Crippen molar-refractivity contribution < 1.29 is 24.2 Å². The molecule has 4 rings (SSSR count). The summed E-state index contributed by atoms with van der Waals surface area (Å²) in [6.07, 6.45) is 7.13. The van der Waals surface area contributed by atoms with E-state index in [9.17, 15) is 19.5 Å². The Hall–Kier alpha value is -2.97. The first-order chi connectivity index (χ1) is 19.7. The van der Waals surface area contributed by atoms with E-state index in [4.69, 9.17) is 4.74 Å². The smallest absolute Gasteiger partial charge is 0.248 e. The summed E-state index contributed by atoms with van der Waals surface area (Å²) in [5.74, 6) is -2.16. The minimum atomic E-state index is -1.14. The minimum Gasteiger partial charge on any atom is -0.394 e. The van der Waals surface area contributed by atoms with Crippen LogP contribution in [0.3, 0.4) is 0 Å². The number of fused-ring (bicyclic) bond motifs is 1. The average Bonchev–Trinajstić information content (AvgIpc) is 3.58. The van der Waals surface area contributed by atoms with Gasteiger partial charge in [-0.1, -0.05) is 62.8 Å². The lowest BCUT2D eigenvalue weighted by Crippen LogP contribution is -2.60. The van der Waals surface area contributed by atoms with Crippen molar-refractivity contribution in [3.05, 3.63) is 61.2 Å². The van der Waals surface area contributed by atoms with Gasteiger partial charge in [-0.15, -0.1) is 13.2 Å². The van der Waals surface area contributed by atoms with Crippen LogP contribution in [0.2, 0.25) is 0 Å². The lowest BCUT2D eigenvalue weighted by Gasteiger charge is -2.41. The van der Waals surface area contributed by atoms with Crippen molar-refractivity contribution in [3.63, 3.8) is 0 Å². The molecule has 41 heavy (non-hydrogen) atoms. The molecule has 3 aliphatic rings. The number of ether oxygens (including phenoxy) is 1. The number of rotatable bonds is 14. The Balaban J connectivity index is 1.85. The topological polar surface area (TPSA) is 90.4 Å². The molecule has 8 heteroatoms. The quantitative estimate of drug-likeness (QED) is 0.348. The molecule has 2 bridgehead atoms. The van der Waals surface area contributed by atoms with Crippen LogP contribution in [-0.4, -0.2) is 93.6 Å².